The monoisotopic (exact) mass is 633 g/mol. The van der Waals surface area contributed by atoms with Gasteiger partial charge in [-0.15, -0.1) is 0 Å². The molecule has 0 fully saturated rings. The molecule has 0 saturated heterocycles. The summed E-state index contributed by atoms with van der Waals surface area (Å²) in [5, 5.41) is 38.7. The maximum atomic E-state index is 10.5. The summed E-state index contributed by atoms with van der Waals surface area (Å²) in [5.41, 5.74) is 7.02. The van der Waals surface area contributed by atoms with Gasteiger partial charge in [-0.3, -0.25) is 9.98 Å². The van der Waals surface area contributed by atoms with Crippen molar-refractivity contribution in [3.63, 3.8) is 0 Å². The van der Waals surface area contributed by atoms with Crippen LogP contribution in [-0.2, 0) is 39.2 Å². The van der Waals surface area contributed by atoms with Crippen molar-refractivity contribution in [2.75, 3.05) is 0 Å². The van der Waals surface area contributed by atoms with Gasteiger partial charge in [-0.25, -0.2) is 0 Å². The summed E-state index contributed by atoms with van der Waals surface area (Å²) >= 11 is 0. The smallest absolute Gasteiger partial charge is 0.550 e. The van der Waals surface area contributed by atoms with Crippen molar-refractivity contribution in [3.8, 4) is 11.5 Å². The van der Waals surface area contributed by atoms with E-state index in [2.05, 4.69) is 37.7 Å². The van der Waals surface area contributed by atoms with E-state index in [0.29, 0.717) is 23.0 Å². The van der Waals surface area contributed by atoms with E-state index in [1.54, 1.807) is 12.4 Å². The maximum absolute atomic E-state index is 10.5. The number of benzene rings is 3. The molecular formula is C34H42CoN2O6. The Morgan fingerprint density at radius 1 is 0.721 bits per heavy atom. The predicted octanol–water partition coefficient (Wildman–Crippen LogP) is 5.12. The normalized spacial score (nSPS) is 10.7. The van der Waals surface area contributed by atoms with Crippen LogP contribution in [0.5, 0.6) is 11.5 Å². The average Bonchev–Trinajstić information content (AvgIpc) is 2.85. The number of aliphatic imine (C=N–C) groups is 2. The van der Waals surface area contributed by atoms with E-state index in [1.807, 2.05) is 62.4 Å². The molecule has 0 saturated carbocycles. The second-order valence-corrected chi connectivity index (χ2v) is 10.9. The first-order valence-corrected chi connectivity index (χ1v) is 13.8. The molecule has 9 heteroatoms. The van der Waals surface area contributed by atoms with Gasteiger partial charge in [-0.2, -0.15) is 0 Å². The van der Waals surface area contributed by atoms with Crippen molar-refractivity contribution in [2.24, 2.45) is 21.8 Å². The Morgan fingerprint density at radius 3 is 1.35 bits per heavy atom. The molecule has 1 radical (unpaired) electrons. The molecular weight excluding hydrogens is 591 g/mol. The summed E-state index contributed by atoms with van der Waals surface area (Å²) in [6.07, 6.45) is 5.33. The Kier molecular flexibility index (Phi) is 17.5. The zero-order chi connectivity index (χ0) is 32.0. The van der Waals surface area contributed by atoms with E-state index in [-0.39, 0.29) is 28.3 Å². The molecule has 0 aliphatic rings. The third-order valence-electron chi connectivity index (χ3n) is 5.60. The fourth-order valence-corrected chi connectivity index (χ4v) is 4.08. The first-order chi connectivity index (χ1) is 19.6. The van der Waals surface area contributed by atoms with E-state index >= 15 is 0 Å². The fraction of sp³-hybridized carbons (Fsp3) is 0.353. The third-order valence-corrected chi connectivity index (χ3v) is 5.60. The molecule has 0 unspecified atom stereocenters. The number of aryl methyl sites for hydroxylation is 2. The van der Waals surface area contributed by atoms with Crippen molar-refractivity contribution in [1.29, 1.82) is 0 Å². The van der Waals surface area contributed by atoms with Gasteiger partial charge < -0.3 is 30.0 Å². The van der Waals surface area contributed by atoms with Crippen molar-refractivity contribution < 1.29 is 46.8 Å². The van der Waals surface area contributed by atoms with E-state index in [0.717, 1.165) is 49.2 Å². The van der Waals surface area contributed by atoms with Gasteiger partial charge in [0.25, 0.3) is 0 Å². The zero-order valence-electron chi connectivity index (χ0n) is 26.1. The molecule has 3 rings (SSSR count). The van der Waals surface area contributed by atoms with Crippen molar-refractivity contribution in [3.05, 3.63) is 81.9 Å². The summed E-state index contributed by atoms with van der Waals surface area (Å²) in [6, 6.07) is 15.7. The molecule has 0 aliphatic carbocycles. The van der Waals surface area contributed by atoms with Gasteiger partial charge in [-0.1, -0.05) is 45.9 Å². The molecule has 0 heterocycles. The van der Waals surface area contributed by atoms with Crippen LogP contribution in [0.25, 0.3) is 0 Å². The van der Waals surface area contributed by atoms with Gasteiger partial charge >= 0.3 is 16.8 Å². The van der Waals surface area contributed by atoms with Gasteiger partial charge in [-0.05, 0) is 105 Å². The van der Waals surface area contributed by atoms with Crippen LogP contribution in [0.3, 0.4) is 0 Å². The second kappa shape index (κ2) is 19.3. The molecule has 0 aliphatic heterocycles. The maximum Gasteiger partial charge on any atom is 2.00 e. The van der Waals surface area contributed by atoms with Crippen molar-refractivity contribution in [2.45, 2.75) is 68.2 Å². The Morgan fingerprint density at radius 2 is 1.05 bits per heavy atom. The number of nitrogens with zero attached hydrogens (tertiary/aromatic N) is 2. The van der Waals surface area contributed by atoms with Crippen LogP contribution in [0.1, 0.15) is 74.9 Å². The molecule has 0 spiro atoms. The van der Waals surface area contributed by atoms with Crippen LogP contribution >= 0.6 is 0 Å². The van der Waals surface area contributed by atoms with Crippen LogP contribution in [0.15, 0.2) is 58.5 Å². The fourth-order valence-electron chi connectivity index (χ4n) is 4.08. The molecule has 3 aromatic carbocycles. The van der Waals surface area contributed by atoms with Gasteiger partial charge in [0.05, 0.1) is 11.4 Å². The quantitative estimate of drug-likeness (QED) is 0.329. The molecule has 8 nitrogen and oxygen atoms in total. The number of carbonyl (C=O) groups is 2. The third kappa shape index (κ3) is 15.7. The van der Waals surface area contributed by atoms with Crippen LogP contribution in [-0.4, -0.2) is 34.6 Å². The van der Waals surface area contributed by atoms with E-state index in [9.17, 15) is 10.2 Å². The number of carboxylic acids is 2. The standard InChI is InChI=1S/C30H36N2O2.2C2H4O2.Co/c1-19(2)10-23-12-21(5)29(33)25(14-23)17-31-27-8-7-9-28(16-27)32-18-26-15-24(11-20(3)4)13-22(6)30(26)34;2*1-2(3)4;/h7-9,12-20,33-34H,10-11H2,1-6H3;2*1H3,(H,3,4);/q;;;+2/p-2. The largest absolute Gasteiger partial charge is 2.00 e. The topological polar surface area (TPSA) is 145 Å². The van der Waals surface area contributed by atoms with Crippen LogP contribution in [0.2, 0.25) is 0 Å². The van der Waals surface area contributed by atoms with Crippen LogP contribution < -0.4 is 10.2 Å². The molecule has 3 aromatic rings. The zero-order valence-corrected chi connectivity index (χ0v) is 27.1. The summed E-state index contributed by atoms with van der Waals surface area (Å²) in [7, 11) is 0. The first kappa shape index (κ1) is 39.0. The Balaban J connectivity index is 0.00000174. The molecule has 2 N–H and O–H groups in total. The Hall–Kier alpha value is -3.95. The number of aliphatic carboxylic acids is 2. The Labute approximate surface area is 265 Å². The summed E-state index contributed by atoms with van der Waals surface area (Å²) < 4.78 is 0. The molecule has 0 atom stereocenters. The number of carboxylic acid groups (broad SMARTS) is 2. The van der Waals surface area contributed by atoms with Gasteiger partial charge in [0, 0.05) is 35.5 Å². The van der Waals surface area contributed by atoms with E-state index < -0.39 is 11.9 Å². The van der Waals surface area contributed by atoms with Crippen molar-refractivity contribution in [1.82, 2.24) is 0 Å². The van der Waals surface area contributed by atoms with E-state index in [4.69, 9.17) is 19.8 Å². The van der Waals surface area contributed by atoms with Crippen LogP contribution in [0.4, 0.5) is 11.4 Å². The summed E-state index contributed by atoms with van der Waals surface area (Å²) in [4.78, 5) is 26.9. The molecule has 0 aromatic heterocycles. The molecule has 233 valence electrons. The number of aromatic hydroxyl groups is 2. The minimum atomic E-state index is -1.08. The van der Waals surface area contributed by atoms with Gasteiger partial charge in [0.1, 0.15) is 11.5 Å². The molecule has 43 heavy (non-hydrogen) atoms. The van der Waals surface area contributed by atoms with Gasteiger partial charge in [0.2, 0.25) is 0 Å². The number of phenolic OH excluding ortho intramolecular Hbond substituents is 2. The first-order valence-electron chi connectivity index (χ1n) is 13.8. The average molecular weight is 634 g/mol. The predicted molar refractivity (Wildman–Crippen MR) is 165 cm³/mol. The summed E-state index contributed by atoms with van der Waals surface area (Å²) in [5.74, 6) is -0.565. The minimum absolute atomic E-state index is 0. The van der Waals surface area contributed by atoms with Crippen LogP contribution in [0, 0.1) is 25.7 Å². The summed E-state index contributed by atoms with van der Waals surface area (Å²) in [6.45, 7) is 14.5. The minimum Gasteiger partial charge on any atom is -0.550 e. The number of carbonyl (C=O) groups excluding carboxylic acids is 2. The van der Waals surface area contributed by atoms with Crippen molar-refractivity contribution >= 4 is 35.7 Å². The van der Waals surface area contributed by atoms with Gasteiger partial charge in [0.15, 0.2) is 0 Å². The number of hydrogen-bond acceptors (Lipinski definition) is 8. The number of phenols is 2. The molecule has 0 amide bonds. The second-order valence-electron chi connectivity index (χ2n) is 10.9. The molecule has 0 bridgehead atoms. The SMILES string of the molecule is CC(=O)[O-].CC(=O)[O-].Cc1cc(CC(C)C)cc(C=Nc2cccc(N=Cc3cc(CC(C)C)cc(C)c3O)c2)c1O.[Co+2]. The van der Waals surface area contributed by atoms with E-state index in [1.165, 1.54) is 11.1 Å². The number of hydrogen-bond donors (Lipinski definition) is 2. The number of rotatable bonds is 8. The Bertz CT molecular complexity index is 1300.